The smallest absolute Gasteiger partial charge is 0.259 e. The summed E-state index contributed by atoms with van der Waals surface area (Å²) in [6.07, 6.45) is 0. The Morgan fingerprint density at radius 1 is 1.29 bits per heavy atom. The fraction of sp³-hybridized carbons (Fsp3) is 0.235. The number of amides is 1. The van der Waals surface area contributed by atoms with E-state index in [2.05, 4.69) is 10.1 Å². The number of hydrogen-bond acceptors (Lipinski definition) is 5. The summed E-state index contributed by atoms with van der Waals surface area (Å²) in [6.45, 7) is 1.83. The standard InChI is InChI=1S/C17H19N5O2/c1-11-9-14(18)22(20-11)15-8-7-12-5-4-6-13(17(12)19-15)24-10-16(23)21(2)3/h4-9H,10,18H2,1-3H3. The molecule has 0 aliphatic heterocycles. The number of rotatable bonds is 4. The van der Waals surface area contributed by atoms with Gasteiger partial charge in [0.1, 0.15) is 17.1 Å². The number of carbonyl (C=O) groups excluding carboxylic acids is 1. The summed E-state index contributed by atoms with van der Waals surface area (Å²) < 4.78 is 7.23. The Hall–Kier alpha value is -3.09. The van der Waals surface area contributed by atoms with E-state index >= 15 is 0 Å². The van der Waals surface area contributed by atoms with Crippen molar-refractivity contribution in [1.82, 2.24) is 19.7 Å². The molecule has 2 heterocycles. The Morgan fingerprint density at radius 3 is 2.75 bits per heavy atom. The highest BCUT2D eigenvalue weighted by atomic mass is 16.5. The van der Waals surface area contributed by atoms with Crippen LogP contribution in [-0.4, -0.2) is 46.3 Å². The molecule has 1 amide bonds. The Kier molecular flexibility index (Phi) is 4.07. The van der Waals surface area contributed by atoms with Gasteiger partial charge in [-0.1, -0.05) is 12.1 Å². The van der Waals surface area contributed by atoms with Crippen molar-refractivity contribution in [1.29, 1.82) is 0 Å². The molecular formula is C17H19N5O2. The number of nitrogens with zero attached hydrogens (tertiary/aromatic N) is 4. The molecule has 3 aromatic rings. The van der Waals surface area contributed by atoms with E-state index in [0.717, 1.165) is 11.1 Å². The number of nitrogen functional groups attached to an aromatic ring is 1. The monoisotopic (exact) mass is 325 g/mol. The van der Waals surface area contributed by atoms with Gasteiger partial charge in [-0.05, 0) is 25.1 Å². The average Bonchev–Trinajstić information content (AvgIpc) is 2.90. The maximum atomic E-state index is 11.7. The highest BCUT2D eigenvalue weighted by molar-refractivity contribution is 5.86. The molecule has 0 saturated carbocycles. The van der Waals surface area contributed by atoms with Crippen LogP contribution in [0.4, 0.5) is 5.82 Å². The molecular weight excluding hydrogens is 306 g/mol. The number of carbonyl (C=O) groups is 1. The van der Waals surface area contributed by atoms with E-state index in [9.17, 15) is 4.79 Å². The molecule has 0 radical (unpaired) electrons. The van der Waals surface area contributed by atoms with Crippen molar-refractivity contribution < 1.29 is 9.53 Å². The van der Waals surface area contributed by atoms with Crippen molar-refractivity contribution in [2.45, 2.75) is 6.92 Å². The van der Waals surface area contributed by atoms with Gasteiger partial charge in [0.2, 0.25) is 0 Å². The number of hydrogen-bond donors (Lipinski definition) is 1. The summed E-state index contributed by atoms with van der Waals surface area (Å²) in [4.78, 5) is 17.8. The SMILES string of the molecule is Cc1cc(N)n(-c2ccc3cccc(OCC(=O)N(C)C)c3n2)n1. The fourth-order valence-corrected chi connectivity index (χ4v) is 2.32. The van der Waals surface area contributed by atoms with Crippen LogP contribution in [0.1, 0.15) is 5.69 Å². The molecule has 0 saturated heterocycles. The molecule has 24 heavy (non-hydrogen) atoms. The number of pyridine rings is 1. The maximum Gasteiger partial charge on any atom is 0.259 e. The van der Waals surface area contributed by atoms with Gasteiger partial charge in [0, 0.05) is 25.5 Å². The minimum atomic E-state index is -0.116. The summed E-state index contributed by atoms with van der Waals surface area (Å²) >= 11 is 0. The van der Waals surface area contributed by atoms with Crippen molar-refractivity contribution in [3.63, 3.8) is 0 Å². The summed E-state index contributed by atoms with van der Waals surface area (Å²) in [5.74, 6) is 1.55. The maximum absolute atomic E-state index is 11.7. The van der Waals surface area contributed by atoms with Crippen LogP contribution in [0.2, 0.25) is 0 Å². The minimum absolute atomic E-state index is 0.0406. The lowest BCUT2D eigenvalue weighted by molar-refractivity contribution is -0.130. The van der Waals surface area contributed by atoms with Crippen molar-refractivity contribution in [3.8, 4) is 11.6 Å². The molecule has 7 nitrogen and oxygen atoms in total. The van der Waals surface area contributed by atoms with Crippen molar-refractivity contribution >= 4 is 22.6 Å². The topological polar surface area (TPSA) is 86.3 Å². The third-order valence-corrected chi connectivity index (χ3v) is 3.59. The predicted molar refractivity (Wildman–Crippen MR) is 92.2 cm³/mol. The molecule has 0 bridgehead atoms. The van der Waals surface area contributed by atoms with E-state index in [4.69, 9.17) is 10.5 Å². The Morgan fingerprint density at radius 2 is 2.08 bits per heavy atom. The molecule has 0 spiro atoms. The van der Waals surface area contributed by atoms with Crippen LogP contribution >= 0.6 is 0 Å². The molecule has 2 N–H and O–H groups in total. The molecule has 1 aromatic carbocycles. The Labute approximate surface area is 139 Å². The first-order valence-corrected chi connectivity index (χ1v) is 7.51. The van der Waals surface area contributed by atoms with Gasteiger partial charge >= 0.3 is 0 Å². The van der Waals surface area contributed by atoms with Gasteiger partial charge < -0.3 is 15.4 Å². The van der Waals surface area contributed by atoms with Gasteiger partial charge in [0.15, 0.2) is 12.4 Å². The van der Waals surface area contributed by atoms with Crippen molar-refractivity contribution in [2.75, 3.05) is 26.4 Å². The van der Waals surface area contributed by atoms with Crippen molar-refractivity contribution in [2.24, 2.45) is 0 Å². The molecule has 0 aliphatic rings. The van der Waals surface area contributed by atoms with E-state index in [0.29, 0.717) is 22.9 Å². The van der Waals surface area contributed by atoms with E-state index in [-0.39, 0.29) is 12.5 Å². The normalized spacial score (nSPS) is 10.8. The van der Waals surface area contributed by atoms with Gasteiger partial charge in [-0.2, -0.15) is 9.78 Å². The van der Waals surface area contributed by atoms with E-state index < -0.39 is 0 Å². The highest BCUT2D eigenvalue weighted by Gasteiger charge is 2.11. The van der Waals surface area contributed by atoms with Crippen LogP contribution in [-0.2, 0) is 4.79 Å². The number of aryl methyl sites for hydroxylation is 1. The minimum Gasteiger partial charge on any atom is -0.481 e. The third-order valence-electron chi connectivity index (χ3n) is 3.59. The van der Waals surface area contributed by atoms with Gasteiger partial charge in [-0.15, -0.1) is 0 Å². The van der Waals surface area contributed by atoms with Crippen LogP contribution in [0.5, 0.6) is 5.75 Å². The number of ether oxygens (including phenoxy) is 1. The lowest BCUT2D eigenvalue weighted by Gasteiger charge is -2.13. The molecule has 0 atom stereocenters. The van der Waals surface area contributed by atoms with E-state index in [1.165, 1.54) is 4.90 Å². The molecule has 2 aromatic heterocycles. The molecule has 0 unspecified atom stereocenters. The molecule has 7 heteroatoms. The van der Waals surface area contributed by atoms with Gasteiger partial charge in [0.25, 0.3) is 5.91 Å². The lowest BCUT2D eigenvalue weighted by Crippen LogP contribution is -2.27. The summed E-state index contributed by atoms with van der Waals surface area (Å²) in [5.41, 5.74) is 7.44. The largest absolute Gasteiger partial charge is 0.481 e. The zero-order chi connectivity index (χ0) is 17.3. The molecule has 3 rings (SSSR count). The number of nitrogens with two attached hydrogens (primary N) is 1. The first-order valence-electron chi connectivity index (χ1n) is 7.51. The van der Waals surface area contributed by atoms with Crippen LogP contribution in [0.15, 0.2) is 36.4 Å². The number of benzene rings is 1. The predicted octanol–water partition coefficient (Wildman–Crippen LogP) is 1.78. The molecule has 0 aliphatic carbocycles. The van der Waals surface area contributed by atoms with Crippen molar-refractivity contribution in [3.05, 3.63) is 42.1 Å². The number of aromatic nitrogens is 3. The highest BCUT2D eigenvalue weighted by Crippen LogP contribution is 2.25. The second-order valence-corrected chi connectivity index (χ2v) is 5.70. The summed E-state index contributed by atoms with van der Waals surface area (Å²) in [5, 5.41) is 5.25. The number of para-hydroxylation sites is 1. The first-order chi connectivity index (χ1) is 11.5. The fourth-order valence-electron chi connectivity index (χ4n) is 2.32. The second-order valence-electron chi connectivity index (χ2n) is 5.70. The average molecular weight is 325 g/mol. The Balaban J connectivity index is 2.00. The van der Waals surface area contributed by atoms with Crippen LogP contribution in [0.3, 0.4) is 0 Å². The lowest BCUT2D eigenvalue weighted by atomic mass is 10.2. The first kappa shape index (κ1) is 15.8. The van der Waals surface area contributed by atoms with Gasteiger partial charge in [-0.3, -0.25) is 4.79 Å². The number of fused-ring (bicyclic) bond motifs is 1. The molecule has 0 fully saturated rings. The zero-order valence-corrected chi connectivity index (χ0v) is 13.9. The summed E-state index contributed by atoms with van der Waals surface area (Å²) in [7, 11) is 3.38. The number of likely N-dealkylation sites (N-methyl/N-ethyl adjacent to an activating group) is 1. The van der Waals surface area contributed by atoms with Crippen LogP contribution < -0.4 is 10.5 Å². The van der Waals surface area contributed by atoms with Gasteiger partial charge in [0.05, 0.1) is 5.69 Å². The summed E-state index contributed by atoms with van der Waals surface area (Å²) in [6, 6.07) is 11.1. The Bertz CT molecular complexity index is 901. The zero-order valence-electron chi connectivity index (χ0n) is 13.9. The van der Waals surface area contributed by atoms with Gasteiger partial charge in [-0.25, -0.2) is 4.98 Å². The van der Waals surface area contributed by atoms with Crippen LogP contribution in [0.25, 0.3) is 16.7 Å². The molecule has 124 valence electrons. The van der Waals surface area contributed by atoms with E-state index in [1.54, 1.807) is 30.9 Å². The third kappa shape index (κ3) is 3.01. The second kappa shape index (κ2) is 6.19. The number of anilines is 1. The van der Waals surface area contributed by atoms with Crippen LogP contribution in [0, 0.1) is 6.92 Å². The van der Waals surface area contributed by atoms with E-state index in [1.807, 2.05) is 31.2 Å². The quantitative estimate of drug-likeness (QED) is 0.790.